The van der Waals surface area contributed by atoms with Crippen LogP contribution in [0.3, 0.4) is 0 Å². The second kappa shape index (κ2) is 34.1. The number of hydrogen-bond acceptors (Lipinski definition) is 7. The number of carbonyl (C=O) groups excluding carboxylic acids is 4. The Morgan fingerprint density at radius 3 is 1.40 bits per heavy atom. The predicted octanol–water partition coefficient (Wildman–Crippen LogP) is 5.49. The molecule has 238 valence electrons. The molecule has 2 atom stereocenters. The second-order valence-corrected chi connectivity index (χ2v) is 11.3. The third-order valence-electron chi connectivity index (χ3n) is 7.13. The summed E-state index contributed by atoms with van der Waals surface area (Å²) in [6.07, 6.45) is 19.0. The number of Topliss-reactive ketones (excluding diaryl/α,β-unsaturated/α-hetero) is 2. The van der Waals surface area contributed by atoms with Crippen LogP contribution < -0.4 is 11.1 Å². The first-order valence-electron chi connectivity index (χ1n) is 16.2. The van der Waals surface area contributed by atoms with E-state index in [9.17, 15) is 24.3 Å². The number of aliphatic hydroxyl groups is 1. The van der Waals surface area contributed by atoms with Gasteiger partial charge in [-0.15, -0.1) is 0 Å². The summed E-state index contributed by atoms with van der Waals surface area (Å²) >= 11 is 0. The van der Waals surface area contributed by atoms with Crippen LogP contribution in [0.5, 0.6) is 0 Å². The molecule has 10 heteroatoms. The first-order chi connectivity index (χ1) is 19.3. The molecule has 0 rings (SSSR count). The SMILES string of the molecule is CCCCCCCCCCCC(=O)CC(O)NC(=O)CCC(=O)OC(N)CC(=O)CCCCCCCCCCC.[NaH].[NaH]. The van der Waals surface area contributed by atoms with Crippen molar-refractivity contribution in [3.63, 3.8) is 0 Å². The third-order valence-corrected chi connectivity index (χ3v) is 7.13. The molecule has 0 saturated carbocycles. The van der Waals surface area contributed by atoms with Crippen LogP contribution in [0.25, 0.3) is 0 Å². The normalized spacial score (nSPS) is 12.0. The van der Waals surface area contributed by atoms with Gasteiger partial charge in [0.05, 0.1) is 19.3 Å². The second-order valence-electron chi connectivity index (χ2n) is 11.3. The van der Waals surface area contributed by atoms with Crippen molar-refractivity contribution in [3.8, 4) is 0 Å². The van der Waals surface area contributed by atoms with Gasteiger partial charge in [-0.2, -0.15) is 0 Å². The summed E-state index contributed by atoms with van der Waals surface area (Å²) in [5, 5.41) is 12.3. The molecule has 42 heavy (non-hydrogen) atoms. The van der Waals surface area contributed by atoms with E-state index in [1.165, 1.54) is 77.0 Å². The van der Waals surface area contributed by atoms with E-state index in [1.54, 1.807) is 0 Å². The zero-order chi connectivity index (χ0) is 29.8. The van der Waals surface area contributed by atoms with Gasteiger partial charge < -0.3 is 15.2 Å². The van der Waals surface area contributed by atoms with E-state index in [0.717, 1.165) is 38.5 Å². The number of rotatable bonds is 29. The topological polar surface area (TPSA) is 136 Å². The van der Waals surface area contributed by atoms with Gasteiger partial charge in [-0.05, 0) is 12.8 Å². The molecular formula is C32H62N2Na2O6. The van der Waals surface area contributed by atoms with Gasteiger partial charge in [-0.3, -0.25) is 24.9 Å². The van der Waals surface area contributed by atoms with Gasteiger partial charge >= 0.3 is 65.1 Å². The summed E-state index contributed by atoms with van der Waals surface area (Å²) in [5.74, 6) is -1.34. The molecule has 8 nitrogen and oxygen atoms in total. The van der Waals surface area contributed by atoms with Crippen LogP contribution in [-0.4, -0.2) is 100 Å². The molecule has 2 unspecified atom stereocenters. The number of aliphatic hydroxyl groups excluding tert-OH is 1. The van der Waals surface area contributed by atoms with Crippen molar-refractivity contribution < 1.29 is 29.0 Å². The molecule has 0 heterocycles. The molecule has 0 saturated heterocycles. The van der Waals surface area contributed by atoms with Gasteiger partial charge in [0.15, 0.2) is 6.23 Å². The van der Waals surface area contributed by atoms with Crippen molar-refractivity contribution in [3.05, 3.63) is 0 Å². The average Bonchev–Trinajstić information content (AvgIpc) is 2.89. The van der Waals surface area contributed by atoms with Gasteiger partial charge in [0.25, 0.3) is 0 Å². The Balaban J connectivity index is -0.00000760. The Bertz CT molecular complexity index is 625. The molecule has 0 radical (unpaired) electrons. The van der Waals surface area contributed by atoms with E-state index < -0.39 is 24.3 Å². The number of unbranched alkanes of at least 4 members (excludes halogenated alkanes) is 16. The Morgan fingerprint density at radius 2 is 0.976 bits per heavy atom. The summed E-state index contributed by atoms with van der Waals surface area (Å²) in [6, 6.07) is 0. The molecular weight excluding hydrogens is 554 g/mol. The zero-order valence-electron chi connectivity index (χ0n) is 25.7. The Kier molecular flexibility index (Phi) is 37.8. The fraction of sp³-hybridized carbons (Fsp3) is 0.875. The van der Waals surface area contributed by atoms with Crippen LogP contribution in [0.4, 0.5) is 0 Å². The van der Waals surface area contributed by atoms with E-state index in [2.05, 4.69) is 19.2 Å². The van der Waals surface area contributed by atoms with Gasteiger partial charge in [0.1, 0.15) is 17.8 Å². The molecule has 4 N–H and O–H groups in total. The Morgan fingerprint density at radius 1 is 0.595 bits per heavy atom. The summed E-state index contributed by atoms with van der Waals surface area (Å²) in [7, 11) is 0. The minimum absolute atomic E-state index is 0. The summed E-state index contributed by atoms with van der Waals surface area (Å²) < 4.78 is 5.05. The minimum atomic E-state index is -1.27. The summed E-state index contributed by atoms with van der Waals surface area (Å²) in [6.45, 7) is 4.42. The van der Waals surface area contributed by atoms with Crippen molar-refractivity contribution in [1.82, 2.24) is 5.32 Å². The molecule has 0 spiro atoms. The zero-order valence-corrected chi connectivity index (χ0v) is 25.7. The molecule has 0 aliphatic carbocycles. The number of ether oxygens (including phenoxy) is 1. The Hall–Kier alpha value is 0.200. The molecule has 0 aliphatic heterocycles. The van der Waals surface area contributed by atoms with E-state index >= 15 is 0 Å². The van der Waals surface area contributed by atoms with Crippen LogP contribution in [0, 0.1) is 0 Å². The molecule has 0 fully saturated rings. The van der Waals surface area contributed by atoms with Crippen molar-refractivity contribution in [2.24, 2.45) is 5.73 Å². The van der Waals surface area contributed by atoms with E-state index in [4.69, 9.17) is 10.5 Å². The van der Waals surface area contributed by atoms with Crippen LogP contribution in [-0.2, 0) is 23.9 Å². The van der Waals surface area contributed by atoms with Crippen molar-refractivity contribution in [2.45, 2.75) is 180 Å². The molecule has 1 amide bonds. The molecule has 0 aliphatic rings. The van der Waals surface area contributed by atoms with Crippen LogP contribution in [0.2, 0.25) is 0 Å². The quantitative estimate of drug-likeness (QED) is 0.0438. The average molecular weight is 617 g/mol. The molecule has 0 aromatic rings. The first kappa shape index (κ1) is 46.6. The van der Waals surface area contributed by atoms with Crippen molar-refractivity contribution in [1.29, 1.82) is 0 Å². The number of carbonyl (C=O) groups is 4. The van der Waals surface area contributed by atoms with Gasteiger partial charge in [-0.1, -0.05) is 117 Å². The number of ketones is 2. The maximum absolute atomic E-state index is 12.1. The number of amides is 1. The molecule has 0 bridgehead atoms. The molecule has 0 aromatic heterocycles. The fourth-order valence-corrected chi connectivity index (χ4v) is 4.70. The van der Waals surface area contributed by atoms with Crippen LogP contribution in [0.15, 0.2) is 0 Å². The fourth-order valence-electron chi connectivity index (χ4n) is 4.70. The maximum atomic E-state index is 12.1. The summed E-state index contributed by atoms with van der Waals surface area (Å²) in [4.78, 5) is 48.1. The van der Waals surface area contributed by atoms with Crippen molar-refractivity contribution in [2.75, 3.05) is 0 Å². The third kappa shape index (κ3) is 33.1. The number of nitrogens with two attached hydrogens (primary N) is 1. The standard InChI is InChI=1S/C32H60N2O6.2Na.2H/c1-3-5-7-9-11-13-15-17-19-21-27(35)25-29(33)40-32(39)24-23-30(37)34-31(38)26-28(36)22-20-18-16-14-12-10-8-6-4-2;;;;/h29,31,38H,3-26,33H2,1-2H3,(H,34,37);;;;. The number of esters is 1. The van der Waals surface area contributed by atoms with Gasteiger partial charge in [0, 0.05) is 19.3 Å². The van der Waals surface area contributed by atoms with E-state index in [1.807, 2.05) is 0 Å². The first-order valence-corrected chi connectivity index (χ1v) is 16.2. The summed E-state index contributed by atoms with van der Waals surface area (Å²) in [5.41, 5.74) is 5.78. The predicted molar refractivity (Wildman–Crippen MR) is 175 cm³/mol. The Labute approximate surface area is 300 Å². The van der Waals surface area contributed by atoms with Gasteiger partial charge in [-0.25, -0.2) is 0 Å². The van der Waals surface area contributed by atoms with E-state index in [-0.39, 0.29) is 96.4 Å². The van der Waals surface area contributed by atoms with E-state index in [0.29, 0.717) is 12.8 Å². The molecule has 0 aromatic carbocycles. The monoisotopic (exact) mass is 616 g/mol. The van der Waals surface area contributed by atoms with Crippen LogP contribution >= 0.6 is 0 Å². The van der Waals surface area contributed by atoms with Crippen molar-refractivity contribution >= 4 is 82.6 Å². The number of nitrogens with one attached hydrogen (secondary N) is 1. The van der Waals surface area contributed by atoms with Gasteiger partial charge in [0.2, 0.25) is 5.91 Å². The van der Waals surface area contributed by atoms with Crippen LogP contribution in [0.1, 0.15) is 168 Å². The number of hydrogen-bond donors (Lipinski definition) is 3.